The molecule has 0 heterocycles. The number of carbonyl (C=O) groups is 2. The van der Waals surface area contributed by atoms with E-state index in [0.717, 1.165) is 0 Å². The van der Waals surface area contributed by atoms with Gasteiger partial charge < -0.3 is 10.2 Å². The van der Waals surface area contributed by atoms with Gasteiger partial charge in [-0.05, 0) is 18.8 Å². The molecule has 2 N–H and O–H groups in total. The molecule has 6 heteroatoms. The van der Waals surface area contributed by atoms with Crippen LogP contribution in [0.15, 0.2) is 0 Å². The Balaban J connectivity index is 2.60. The minimum absolute atomic E-state index is 0.0806. The summed E-state index contributed by atoms with van der Waals surface area (Å²) >= 11 is 0. The van der Waals surface area contributed by atoms with Gasteiger partial charge in [0.05, 0.1) is 12.3 Å². The second kappa shape index (κ2) is 4.76. The van der Waals surface area contributed by atoms with E-state index in [1.807, 2.05) is 0 Å². The second-order valence-corrected chi connectivity index (χ2v) is 4.24. The number of carboxylic acid groups (broad SMARTS) is 2. The molecule has 0 amide bonds. The lowest BCUT2D eigenvalue weighted by molar-refractivity contribution is -0.152. The van der Waals surface area contributed by atoms with Crippen LogP contribution in [-0.4, -0.2) is 28.1 Å². The first kappa shape index (κ1) is 12.9. The summed E-state index contributed by atoms with van der Waals surface area (Å²) in [5.74, 6) is -6.63. The van der Waals surface area contributed by atoms with Crippen LogP contribution in [0.5, 0.6) is 0 Å². The van der Waals surface area contributed by atoms with Gasteiger partial charge in [-0.2, -0.15) is 0 Å². The van der Waals surface area contributed by atoms with Crippen molar-refractivity contribution in [2.45, 2.75) is 38.0 Å². The van der Waals surface area contributed by atoms with Gasteiger partial charge in [0.25, 0.3) is 0 Å². The Labute approximate surface area is 91.3 Å². The van der Waals surface area contributed by atoms with Crippen molar-refractivity contribution in [1.29, 1.82) is 0 Å². The highest BCUT2D eigenvalue weighted by atomic mass is 19.3. The molecule has 0 radical (unpaired) electrons. The molecular weight excluding hydrogens is 222 g/mol. The average molecular weight is 236 g/mol. The maximum atomic E-state index is 12.8. The highest BCUT2D eigenvalue weighted by molar-refractivity contribution is 5.78. The summed E-state index contributed by atoms with van der Waals surface area (Å²) in [6.07, 6.45) is -1.03. The van der Waals surface area contributed by atoms with E-state index in [1.165, 1.54) is 0 Å². The lowest BCUT2D eigenvalue weighted by atomic mass is 9.77. The zero-order valence-electron chi connectivity index (χ0n) is 8.66. The summed E-state index contributed by atoms with van der Waals surface area (Å²) in [5.41, 5.74) is 0. The lowest BCUT2D eigenvalue weighted by Crippen LogP contribution is -2.33. The Morgan fingerprint density at radius 2 is 1.75 bits per heavy atom. The number of hydrogen-bond acceptors (Lipinski definition) is 2. The number of rotatable bonds is 4. The zero-order chi connectivity index (χ0) is 12.3. The van der Waals surface area contributed by atoms with Crippen molar-refractivity contribution in [2.24, 2.45) is 11.8 Å². The summed E-state index contributed by atoms with van der Waals surface area (Å²) < 4.78 is 25.7. The van der Waals surface area contributed by atoms with E-state index in [9.17, 15) is 18.4 Å². The first-order valence-corrected chi connectivity index (χ1v) is 5.14. The van der Waals surface area contributed by atoms with E-state index >= 15 is 0 Å². The molecule has 0 spiro atoms. The normalized spacial score (nSPS) is 22.6. The SMILES string of the molecule is O=C(O)CC(C(=O)O)C1CCC(F)(F)CC1. The monoisotopic (exact) mass is 236 g/mol. The van der Waals surface area contributed by atoms with Gasteiger partial charge in [-0.15, -0.1) is 0 Å². The third-order valence-corrected chi connectivity index (χ3v) is 3.04. The zero-order valence-corrected chi connectivity index (χ0v) is 8.66. The van der Waals surface area contributed by atoms with Crippen LogP contribution in [0.2, 0.25) is 0 Å². The van der Waals surface area contributed by atoms with Crippen LogP contribution in [-0.2, 0) is 9.59 Å². The minimum Gasteiger partial charge on any atom is -0.481 e. The van der Waals surface area contributed by atoms with Gasteiger partial charge >= 0.3 is 11.9 Å². The van der Waals surface area contributed by atoms with Crippen LogP contribution in [0.3, 0.4) is 0 Å². The van der Waals surface area contributed by atoms with Crippen molar-refractivity contribution < 1.29 is 28.6 Å². The van der Waals surface area contributed by atoms with Crippen molar-refractivity contribution in [2.75, 3.05) is 0 Å². The molecule has 1 aliphatic rings. The molecule has 92 valence electrons. The molecule has 0 aromatic rings. The Morgan fingerprint density at radius 1 is 1.25 bits per heavy atom. The molecule has 0 saturated heterocycles. The van der Waals surface area contributed by atoms with Crippen LogP contribution < -0.4 is 0 Å². The third kappa shape index (κ3) is 3.43. The Bertz CT molecular complexity index is 281. The summed E-state index contributed by atoms with van der Waals surface area (Å²) in [5, 5.41) is 17.4. The van der Waals surface area contributed by atoms with Gasteiger partial charge in [-0.25, -0.2) is 8.78 Å². The van der Waals surface area contributed by atoms with Gasteiger partial charge in [0, 0.05) is 12.8 Å². The maximum Gasteiger partial charge on any atom is 0.307 e. The fourth-order valence-corrected chi connectivity index (χ4v) is 2.11. The van der Waals surface area contributed by atoms with Gasteiger partial charge in [0.2, 0.25) is 5.92 Å². The van der Waals surface area contributed by atoms with Crippen molar-refractivity contribution in [3.63, 3.8) is 0 Å². The fraction of sp³-hybridized carbons (Fsp3) is 0.800. The standard InChI is InChI=1S/C10H14F2O4/c11-10(12)3-1-6(2-4-10)7(9(15)16)5-8(13)14/h6-7H,1-5H2,(H,13,14)(H,15,16). The van der Waals surface area contributed by atoms with Crippen LogP contribution in [0.1, 0.15) is 32.1 Å². The first-order valence-electron chi connectivity index (χ1n) is 5.14. The molecule has 0 aromatic carbocycles. The first-order chi connectivity index (χ1) is 7.32. The molecule has 1 unspecified atom stereocenters. The maximum absolute atomic E-state index is 12.8. The topological polar surface area (TPSA) is 74.6 Å². The van der Waals surface area contributed by atoms with Crippen molar-refractivity contribution in [1.82, 2.24) is 0 Å². The smallest absolute Gasteiger partial charge is 0.307 e. The van der Waals surface area contributed by atoms with Crippen LogP contribution in [0, 0.1) is 11.8 Å². The van der Waals surface area contributed by atoms with E-state index in [1.54, 1.807) is 0 Å². The molecule has 16 heavy (non-hydrogen) atoms. The fourth-order valence-electron chi connectivity index (χ4n) is 2.11. The quantitative estimate of drug-likeness (QED) is 0.782. The molecule has 1 saturated carbocycles. The summed E-state index contributed by atoms with van der Waals surface area (Å²) in [4.78, 5) is 21.3. The van der Waals surface area contributed by atoms with Crippen LogP contribution >= 0.6 is 0 Å². The lowest BCUT2D eigenvalue weighted by Gasteiger charge is -2.31. The highest BCUT2D eigenvalue weighted by Crippen LogP contribution is 2.40. The average Bonchev–Trinajstić information content (AvgIpc) is 2.14. The van der Waals surface area contributed by atoms with Crippen molar-refractivity contribution in [3.05, 3.63) is 0 Å². The van der Waals surface area contributed by atoms with Gasteiger partial charge in [0.1, 0.15) is 0 Å². The molecular formula is C10H14F2O4. The van der Waals surface area contributed by atoms with Crippen LogP contribution in [0.25, 0.3) is 0 Å². The molecule has 1 rings (SSSR count). The van der Waals surface area contributed by atoms with Gasteiger partial charge in [0.15, 0.2) is 0 Å². The van der Waals surface area contributed by atoms with E-state index in [0.29, 0.717) is 0 Å². The van der Waals surface area contributed by atoms with E-state index < -0.39 is 36.1 Å². The predicted octanol–water partition coefficient (Wildman–Crippen LogP) is 1.99. The number of halogens is 2. The third-order valence-electron chi connectivity index (χ3n) is 3.04. The molecule has 4 nitrogen and oxygen atoms in total. The molecule has 1 aliphatic carbocycles. The van der Waals surface area contributed by atoms with E-state index in [4.69, 9.17) is 10.2 Å². The molecule has 0 aromatic heterocycles. The number of aliphatic carboxylic acids is 2. The van der Waals surface area contributed by atoms with Gasteiger partial charge in [-0.1, -0.05) is 0 Å². The number of alkyl halides is 2. The minimum atomic E-state index is -2.72. The molecule has 1 fully saturated rings. The number of carboxylic acids is 2. The molecule has 0 bridgehead atoms. The Morgan fingerprint density at radius 3 is 2.12 bits per heavy atom. The van der Waals surface area contributed by atoms with Crippen molar-refractivity contribution >= 4 is 11.9 Å². The van der Waals surface area contributed by atoms with E-state index in [2.05, 4.69) is 0 Å². The Kier molecular flexibility index (Phi) is 3.83. The molecule has 0 aliphatic heterocycles. The summed E-state index contributed by atoms with van der Waals surface area (Å²) in [6, 6.07) is 0. The predicted molar refractivity (Wildman–Crippen MR) is 50.3 cm³/mol. The van der Waals surface area contributed by atoms with Gasteiger partial charge in [-0.3, -0.25) is 9.59 Å². The molecule has 1 atom stereocenters. The summed E-state index contributed by atoms with van der Waals surface area (Å²) in [6.45, 7) is 0. The van der Waals surface area contributed by atoms with Crippen molar-refractivity contribution in [3.8, 4) is 0 Å². The number of hydrogen-bond donors (Lipinski definition) is 2. The van der Waals surface area contributed by atoms with E-state index in [-0.39, 0.29) is 25.7 Å². The highest BCUT2D eigenvalue weighted by Gasteiger charge is 2.40. The second-order valence-electron chi connectivity index (χ2n) is 4.24. The van der Waals surface area contributed by atoms with Crippen LogP contribution in [0.4, 0.5) is 8.78 Å². The summed E-state index contributed by atoms with van der Waals surface area (Å²) in [7, 11) is 0. The Hall–Kier alpha value is -1.20. The largest absolute Gasteiger partial charge is 0.481 e.